The molecule has 0 amide bonds. The summed E-state index contributed by atoms with van der Waals surface area (Å²) in [5.74, 6) is 1.72. The Balaban J connectivity index is 0.00000182. The molecule has 1 aromatic heterocycles. The van der Waals surface area contributed by atoms with Crippen LogP contribution in [0, 0.1) is 6.92 Å². The number of rotatable bonds is 3. The number of anilines is 3. The zero-order valence-electron chi connectivity index (χ0n) is 14.4. The van der Waals surface area contributed by atoms with E-state index in [4.69, 9.17) is 9.97 Å². The maximum absolute atomic E-state index is 4.85. The summed E-state index contributed by atoms with van der Waals surface area (Å²) in [7, 11) is 0. The molecule has 0 spiro atoms. The minimum absolute atomic E-state index is 0. The lowest BCUT2D eigenvalue weighted by atomic mass is 10.1. The van der Waals surface area contributed by atoms with Crippen LogP contribution in [0.5, 0.6) is 0 Å². The molecule has 0 unspecified atom stereocenters. The number of nitrogens with zero attached hydrogens (tertiary/aromatic N) is 3. The van der Waals surface area contributed by atoms with Crippen LogP contribution in [0.25, 0.3) is 10.9 Å². The third-order valence-corrected chi connectivity index (χ3v) is 4.51. The van der Waals surface area contributed by atoms with Gasteiger partial charge in [-0.1, -0.05) is 24.3 Å². The van der Waals surface area contributed by atoms with Crippen LogP contribution in [0.3, 0.4) is 0 Å². The van der Waals surface area contributed by atoms with Crippen LogP contribution in [-0.2, 0) is 0 Å². The van der Waals surface area contributed by atoms with E-state index >= 15 is 0 Å². The molecule has 0 saturated carbocycles. The van der Waals surface area contributed by atoms with Crippen molar-refractivity contribution in [3.8, 4) is 0 Å². The topological polar surface area (TPSA) is 41.1 Å². The molecule has 1 N–H and O–H groups in total. The number of halogens is 1. The summed E-state index contributed by atoms with van der Waals surface area (Å²) in [4.78, 5) is 12.0. The highest BCUT2D eigenvalue weighted by atomic mass is 35.5. The predicted octanol–water partition coefficient (Wildman–Crippen LogP) is 5.09. The van der Waals surface area contributed by atoms with Crippen molar-refractivity contribution in [1.29, 1.82) is 0 Å². The van der Waals surface area contributed by atoms with E-state index in [-0.39, 0.29) is 12.4 Å². The average molecular weight is 355 g/mol. The summed E-state index contributed by atoms with van der Waals surface area (Å²) in [6.45, 7) is 4.24. The van der Waals surface area contributed by atoms with Crippen molar-refractivity contribution in [3.63, 3.8) is 0 Å². The molecule has 0 bridgehead atoms. The van der Waals surface area contributed by atoms with Gasteiger partial charge < -0.3 is 10.2 Å². The van der Waals surface area contributed by atoms with Crippen molar-refractivity contribution in [3.05, 3.63) is 54.1 Å². The molecule has 1 aliphatic rings. The van der Waals surface area contributed by atoms with Gasteiger partial charge in [-0.05, 0) is 56.0 Å². The highest BCUT2D eigenvalue weighted by molar-refractivity contribution is 5.90. The second kappa shape index (κ2) is 7.70. The molecule has 0 atom stereocenters. The first kappa shape index (κ1) is 17.5. The van der Waals surface area contributed by atoms with Gasteiger partial charge in [-0.2, -0.15) is 4.98 Å². The number of para-hydroxylation sites is 1. The summed E-state index contributed by atoms with van der Waals surface area (Å²) >= 11 is 0. The fourth-order valence-electron chi connectivity index (χ4n) is 3.31. The summed E-state index contributed by atoms with van der Waals surface area (Å²) in [5, 5.41) is 4.50. The molecule has 0 aliphatic carbocycles. The van der Waals surface area contributed by atoms with Gasteiger partial charge in [0.05, 0.1) is 5.52 Å². The van der Waals surface area contributed by atoms with Crippen LogP contribution in [0.15, 0.2) is 48.5 Å². The highest BCUT2D eigenvalue weighted by Gasteiger charge is 2.17. The molecule has 25 heavy (non-hydrogen) atoms. The molecule has 1 aliphatic heterocycles. The Morgan fingerprint density at radius 2 is 1.72 bits per heavy atom. The Morgan fingerprint density at radius 1 is 0.920 bits per heavy atom. The van der Waals surface area contributed by atoms with E-state index in [0.29, 0.717) is 5.95 Å². The van der Waals surface area contributed by atoms with Gasteiger partial charge in [0.1, 0.15) is 5.82 Å². The molecule has 4 rings (SSSR count). The second-order valence-corrected chi connectivity index (χ2v) is 6.43. The van der Waals surface area contributed by atoms with Crippen LogP contribution in [-0.4, -0.2) is 23.1 Å². The summed E-state index contributed by atoms with van der Waals surface area (Å²) in [5.41, 5.74) is 3.23. The standard InChI is InChI=1S/C20H22N4.ClH/c1-15-8-7-9-16(14-15)21-20-22-18-11-4-3-10-17(18)19(23-20)24-12-5-2-6-13-24;/h3-4,7-11,14H,2,5-6,12-13H2,1H3,(H,21,22,23);1H. The normalized spacial score (nSPS) is 14.2. The fourth-order valence-corrected chi connectivity index (χ4v) is 3.31. The maximum Gasteiger partial charge on any atom is 0.229 e. The van der Waals surface area contributed by atoms with Gasteiger partial charge in [0.15, 0.2) is 0 Å². The van der Waals surface area contributed by atoms with Crippen LogP contribution < -0.4 is 10.2 Å². The quantitative estimate of drug-likeness (QED) is 0.711. The number of benzene rings is 2. The van der Waals surface area contributed by atoms with Gasteiger partial charge >= 0.3 is 0 Å². The molecule has 2 heterocycles. The summed E-state index contributed by atoms with van der Waals surface area (Å²) in [6.07, 6.45) is 3.78. The lowest BCUT2D eigenvalue weighted by Crippen LogP contribution is -2.30. The van der Waals surface area contributed by atoms with E-state index < -0.39 is 0 Å². The van der Waals surface area contributed by atoms with E-state index in [1.165, 1.54) is 24.8 Å². The number of hydrogen-bond acceptors (Lipinski definition) is 4. The van der Waals surface area contributed by atoms with E-state index in [1.54, 1.807) is 0 Å². The van der Waals surface area contributed by atoms with Crippen molar-refractivity contribution in [1.82, 2.24) is 9.97 Å². The molecule has 3 aromatic rings. The van der Waals surface area contributed by atoms with E-state index in [0.717, 1.165) is 35.5 Å². The Morgan fingerprint density at radius 3 is 2.52 bits per heavy atom. The Bertz CT molecular complexity index is 859. The lowest BCUT2D eigenvalue weighted by Gasteiger charge is -2.29. The van der Waals surface area contributed by atoms with Gasteiger partial charge in [-0.15, -0.1) is 12.4 Å². The van der Waals surface area contributed by atoms with Gasteiger partial charge in [0.2, 0.25) is 5.95 Å². The summed E-state index contributed by atoms with van der Waals surface area (Å²) < 4.78 is 0. The minimum Gasteiger partial charge on any atom is -0.356 e. The highest BCUT2D eigenvalue weighted by Crippen LogP contribution is 2.28. The predicted molar refractivity (Wildman–Crippen MR) is 107 cm³/mol. The number of nitrogens with one attached hydrogen (secondary N) is 1. The average Bonchev–Trinajstić information content (AvgIpc) is 2.62. The molecular formula is C20H23ClN4. The van der Waals surface area contributed by atoms with Gasteiger partial charge in [0, 0.05) is 24.2 Å². The number of aromatic nitrogens is 2. The molecule has 4 nitrogen and oxygen atoms in total. The molecule has 1 fully saturated rings. The molecule has 1 saturated heterocycles. The fraction of sp³-hybridized carbons (Fsp3) is 0.300. The van der Waals surface area contributed by atoms with Crippen molar-refractivity contribution in [2.45, 2.75) is 26.2 Å². The number of piperidine rings is 1. The molecule has 0 radical (unpaired) electrons. The van der Waals surface area contributed by atoms with Crippen molar-refractivity contribution in [2.75, 3.05) is 23.3 Å². The zero-order valence-corrected chi connectivity index (χ0v) is 15.2. The lowest BCUT2D eigenvalue weighted by molar-refractivity contribution is 0.575. The zero-order chi connectivity index (χ0) is 16.4. The smallest absolute Gasteiger partial charge is 0.229 e. The molecule has 2 aromatic carbocycles. The molecule has 130 valence electrons. The van der Waals surface area contributed by atoms with Gasteiger partial charge in [-0.25, -0.2) is 4.98 Å². The Kier molecular flexibility index (Phi) is 5.39. The van der Waals surface area contributed by atoms with Crippen LogP contribution in [0.4, 0.5) is 17.5 Å². The first-order valence-electron chi connectivity index (χ1n) is 8.65. The monoisotopic (exact) mass is 354 g/mol. The van der Waals surface area contributed by atoms with Crippen LogP contribution >= 0.6 is 12.4 Å². The van der Waals surface area contributed by atoms with Crippen molar-refractivity contribution in [2.24, 2.45) is 0 Å². The van der Waals surface area contributed by atoms with Gasteiger partial charge in [-0.3, -0.25) is 0 Å². The molecule has 5 heteroatoms. The Labute approximate surface area is 154 Å². The van der Waals surface area contributed by atoms with E-state index in [1.807, 2.05) is 18.2 Å². The van der Waals surface area contributed by atoms with E-state index in [9.17, 15) is 0 Å². The summed E-state index contributed by atoms with van der Waals surface area (Å²) in [6, 6.07) is 16.6. The third-order valence-electron chi connectivity index (χ3n) is 4.51. The maximum atomic E-state index is 4.85. The second-order valence-electron chi connectivity index (χ2n) is 6.43. The van der Waals surface area contributed by atoms with Crippen LogP contribution in [0.2, 0.25) is 0 Å². The third kappa shape index (κ3) is 3.85. The Hall–Kier alpha value is -2.33. The largest absolute Gasteiger partial charge is 0.356 e. The van der Waals surface area contributed by atoms with E-state index in [2.05, 4.69) is 47.5 Å². The number of fused-ring (bicyclic) bond motifs is 1. The van der Waals surface area contributed by atoms with Gasteiger partial charge in [0.25, 0.3) is 0 Å². The first-order valence-corrected chi connectivity index (χ1v) is 8.65. The minimum atomic E-state index is 0. The van der Waals surface area contributed by atoms with Crippen molar-refractivity contribution >= 4 is 40.8 Å². The van der Waals surface area contributed by atoms with Crippen molar-refractivity contribution < 1.29 is 0 Å². The first-order chi connectivity index (χ1) is 11.8. The number of hydrogen-bond donors (Lipinski definition) is 1. The SMILES string of the molecule is Cc1cccc(Nc2nc(N3CCCCC3)c3ccccc3n2)c1.Cl. The molecular weight excluding hydrogens is 332 g/mol. The number of aryl methyl sites for hydroxylation is 1. The van der Waals surface area contributed by atoms with Crippen LogP contribution in [0.1, 0.15) is 24.8 Å².